The van der Waals surface area contributed by atoms with Gasteiger partial charge in [-0.3, -0.25) is 4.79 Å². The first-order valence-electron chi connectivity index (χ1n) is 6.52. The molecule has 0 bridgehead atoms. The van der Waals surface area contributed by atoms with Crippen molar-refractivity contribution in [2.75, 3.05) is 13.7 Å². The highest BCUT2D eigenvalue weighted by Gasteiger charge is 2.14. The summed E-state index contributed by atoms with van der Waals surface area (Å²) < 4.78 is 15.3. The molecule has 0 aliphatic rings. The van der Waals surface area contributed by atoms with E-state index in [4.69, 9.17) is 14.2 Å². The molecule has 0 heterocycles. The fourth-order valence-corrected chi connectivity index (χ4v) is 2.00. The van der Waals surface area contributed by atoms with Gasteiger partial charge in [-0.1, -0.05) is 6.07 Å². The Bertz CT molecular complexity index is 690. The van der Waals surface area contributed by atoms with Gasteiger partial charge in [0.1, 0.15) is 11.5 Å². The lowest BCUT2D eigenvalue weighted by atomic mass is 10.1. The zero-order valence-corrected chi connectivity index (χ0v) is 12.1. The zero-order valence-electron chi connectivity index (χ0n) is 12.1. The van der Waals surface area contributed by atoms with Gasteiger partial charge in [-0.15, -0.1) is 0 Å². The SMILES string of the molecule is CCOC(=O)c1cc(OC(C)=O)c2cc(OC)ccc2c1. The summed E-state index contributed by atoms with van der Waals surface area (Å²) in [6.07, 6.45) is 0. The third-order valence-electron chi connectivity index (χ3n) is 2.89. The quantitative estimate of drug-likeness (QED) is 0.639. The van der Waals surface area contributed by atoms with Crippen molar-refractivity contribution in [3.63, 3.8) is 0 Å². The standard InChI is InChI=1S/C16H16O5/c1-4-20-16(18)12-7-11-5-6-13(19-3)9-14(11)15(8-12)21-10(2)17/h5-9H,4H2,1-3H3. The lowest BCUT2D eigenvalue weighted by molar-refractivity contribution is -0.131. The third kappa shape index (κ3) is 3.31. The summed E-state index contributed by atoms with van der Waals surface area (Å²) in [5, 5.41) is 1.45. The molecule has 0 saturated carbocycles. The van der Waals surface area contributed by atoms with Crippen LogP contribution in [0, 0.1) is 0 Å². The second kappa shape index (κ2) is 6.26. The predicted octanol–water partition coefficient (Wildman–Crippen LogP) is 2.95. The molecule has 0 radical (unpaired) electrons. The van der Waals surface area contributed by atoms with Gasteiger partial charge in [-0.25, -0.2) is 4.79 Å². The van der Waals surface area contributed by atoms with Gasteiger partial charge in [-0.2, -0.15) is 0 Å². The fourth-order valence-electron chi connectivity index (χ4n) is 2.00. The Morgan fingerprint density at radius 3 is 2.52 bits per heavy atom. The highest BCUT2D eigenvalue weighted by molar-refractivity contribution is 5.99. The van der Waals surface area contributed by atoms with Crippen LogP contribution in [-0.4, -0.2) is 25.7 Å². The number of fused-ring (bicyclic) bond motifs is 1. The molecular weight excluding hydrogens is 272 g/mol. The van der Waals surface area contributed by atoms with Crippen molar-refractivity contribution >= 4 is 22.7 Å². The second-order valence-corrected chi connectivity index (χ2v) is 4.38. The van der Waals surface area contributed by atoms with Gasteiger partial charge in [0.2, 0.25) is 0 Å². The Labute approximate surface area is 122 Å². The van der Waals surface area contributed by atoms with Gasteiger partial charge in [-0.05, 0) is 36.6 Å². The number of methoxy groups -OCH3 is 1. The molecule has 2 aromatic rings. The number of rotatable bonds is 4. The smallest absolute Gasteiger partial charge is 0.338 e. The van der Waals surface area contributed by atoms with Crippen LogP contribution in [0.15, 0.2) is 30.3 Å². The van der Waals surface area contributed by atoms with Crippen molar-refractivity contribution in [1.82, 2.24) is 0 Å². The molecule has 0 spiro atoms. The Morgan fingerprint density at radius 1 is 1.14 bits per heavy atom. The van der Waals surface area contributed by atoms with Crippen LogP contribution in [0.5, 0.6) is 11.5 Å². The lowest BCUT2D eigenvalue weighted by Crippen LogP contribution is -2.07. The van der Waals surface area contributed by atoms with E-state index in [1.54, 1.807) is 38.3 Å². The first kappa shape index (κ1) is 14.8. The van der Waals surface area contributed by atoms with Crippen LogP contribution < -0.4 is 9.47 Å². The van der Waals surface area contributed by atoms with Crippen molar-refractivity contribution in [2.24, 2.45) is 0 Å². The summed E-state index contributed by atoms with van der Waals surface area (Å²) >= 11 is 0. The number of hydrogen-bond donors (Lipinski definition) is 0. The minimum atomic E-state index is -0.458. The zero-order chi connectivity index (χ0) is 15.4. The third-order valence-corrected chi connectivity index (χ3v) is 2.89. The van der Waals surface area contributed by atoms with Gasteiger partial charge in [0, 0.05) is 12.3 Å². The van der Waals surface area contributed by atoms with E-state index in [1.165, 1.54) is 13.0 Å². The summed E-state index contributed by atoms with van der Waals surface area (Å²) in [6.45, 7) is 3.32. The molecule has 0 aliphatic heterocycles. The number of carbonyl (C=O) groups excluding carboxylic acids is 2. The Hall–Kier alpha value is -2.56. The molecule has 0 aliphatic carbocycles. The molecule has 5 nitrogen and oxygen atoms in total. The molecule has 0 saturated heterocycles. The molecular formula is C16H16O5. The van der Waals surface area contributed by atoms with Crippen LogP contribution in [-0.2, 0) is 9.53 Å². The topological polar surface area (TPSA) is 61.8 Å². The van der Waals surface area contributed by atoms with Crippen molar-refractivity contribution in [3.8, 4) is 11.5 Å². The molecule has 21 heavy (non-hydrogen) atoms. The lowest BCUT2D eigenvalue weighted by Gasteiger charge is -2.10. The van der Waals surface area contributed by atoms with E-state index >= 15 is 0 Å². The highest BCUT2D eigenvalue weighted by atomic mass is 16.5. The minimum Gasteiger partial charge on any atom is -0.497 e. The van der Waals surface area contributed by atoms with Crippen LogP contribution in [0.1, 0.15) is 24.2 Å². The Kier molecular flexibility index (Phi) is 4.42. The molecule has 0 amide bonds. The number of hydrogen-bond acceptors (Lipinski definition) is 5. The number of benzene rings is 2. The maximum Gasteiger partial charge on any atom is 0.338 e. The van der Waals surface area contributed by atoms with E-state index in [0.29, 0.717) is 22.4 Å². The van der Waals surface area contributed by atoms with E-state index in [1.807, 2.05) is 0 Å². The van der Waals surface area contributed by atoms with Crippen molar-refractivity contribution in [2.45, 2.75) is 13.8 Å². The van der Waals surface area contributed by atoms with Crippen LogP contribution in [0.2, 0.25) is 0 Å². The normalized spacial score (nSPS) is 10.2. The van der Waals surface area contributed by atoms with E-state index in [9.17, 15) is 9.59 Å². The summed E-state index contributed by atoms with van der Waals surface area (Å²) in [5.41, 5.74) is 0.339. The van der Waals surface area contributed by atoms with Crippen LogP contribution in [0.3, 0.4) is 0 Å². The first-order chi connectivity index (χ1) is 10.0. The molecule has 5 heteroatoms. The molecule has 110 valence electrons. The van der Waals surface area contributed by atoms with Gasteiger partial charge in [0.15, 0.2) is 0 Å². The number of esters is 2. The Balaban J connectivity index is 2.60. The average Bonchev–Trinajstić information content (AvgIpc) is 2.46. The number of ether oxygens (including phenoxy) is 3. The van der Waals surface area contributed by atoms with E-state index in [-0.39, 0.29) is 6.61 Å². The Morgan fingerprint density at radius 2 is 1.90 bits per heavy atom. The summed E-state index contributed by atoms with van der Waals surface area (Å²) in [5.74, 6) is 0.0329. The van der Waals surface area contributed by atoms with E-state index < -0.39 is 11.9 Å². The summed E-state index contributed by atoms with van der Waals surface area (Å²) in [7, 11) is 1.56. The number of carbonyl (C=O) groups is 2. The van der Waals surface area contributed by atoms with Gasteiger partial charge < -0.3 is 14.2 Å². The van der Waals surface area contributed by atoms with Crippen molar-refractivity contribution in [1.29, 1.82) is 0 Å². The van der Waals surface area contributed by atoms with Gasteiger partial charge in [0.25, 0.3) is 0 Å². The van der Waals surface area contributed by atoms with Crippen molar-refractivity contribution in [3.05, 3.63) is 35.9 Å². The molecule has 0 unspecified atom stereocenters. The highest BCUT2D eigenvalue weighted by Crippen LogP contribution is 2.31. The molecule has 0 aromatic heterocycles. The first-order valence-corrected chi connectivity index (χ1v) is 6.52. The van der Waals surface area contributed by atoms with Crippen LogP contribution >= 0.6 is 0 Å². The maximum atomic E-state index is 11.9. The van der Waals surface area contributed by atoms with Crippen LogP contribution in [0.4, 0.5) is 0 Å². The molecule has 0 fully saturated rings. The van der Waals surface area contributed by atoms with Gasteiger partial charge >= 0.3 is 11.9 Å². The minimum absolute atomic E-state index is 0.280. The summed E-state index contributed by atoms with van der Waals surface area (Å²) in [4.78, 5) is 23.1. The molecule has 2 rings (SSSR count). The molecule has 0 N–H and O–H groups in total. The van der Waals surface area contributed by atoms with Crippen LogP contribution in [0.25, 0.3) is 10.8 Å². The maximum absolute atomic E-state index is 11.9. The largest absolute Gasteiger partial charge is 0.497 e. The predicted molar refractivity (Wildman–Crippen MR) is 77.8 cm³/mol. The fraction of sp³-hybridized carbons (Fsp3) is 0.250. The molecule has 0 atom stereocenters. The summed E-state index contributed by atoms with van der Waals surface area (Å²) in [6, 6.07) is 8.52. The van der Waals surface area contributed by atoms with Crippen molar-refractivity contribution < 1.29 is 23.8 Å². The average molecular weight is 288 g/mol. The van der Waals surface area contributed by atoms with E-state index in [2.05, 4.69) is 0 Å². The van der Waals surface area contributed by atoms with Gasteiger partial charge in [0.05, 0.1) is 19.3 Å². The van der Waals surface area contributed by atoms with E-state index in [0.717, 1.165) is 5.39 Å². The monoisotopic (exact) mass is 288 g/mol. The second-order valence-electron chi connectivity index (χ2n) is 4.38. The molecule has 2 aromatic carbocycles.